The van der Waals surface area contributed by atoms with Crippen LogP contribution in [0.5, 0.6) is 0 Å². The van der Waals surface area contributed by atoms with E-state index in [0.717, 1.165) is 5.56 Å². The van der Waals surface area contributed by atoms with Crippen molar-refractivity contribution in [3.05, 3.63) is 54.0 Å². The van der Waals surface area contributed by atoms with Crippen molar-refractivity contribution in [2.24, 2.45) is 0 Å². The molecule has 7 nitrogen and oxygen atoms in total. The molecule has 0 saturated carbocycles. The third-order valence-corrected chi connectivity index (χ3v) is 4.58. The first-order valence-corrected chi connectivity index (χ1v) is 10.6. The van der Waals surface area contributed by atoms with Gasteiger partial charge < -0.3 is 15.0 Å². The Kier molecular flexibility index (Phi) is 9.17. The number of rotatable bonds is 9. The largest absolute Gasteiger partial charge is 0.444 e. The maximum absolute atomic E-state index is 12.7. The van der Waals surface area contributed by atoms with Gasteiger partial charge in [0, 0.05) is 31.7 Å². The van der Waals surface area contributed by atoms with Gasteiger partial charge in [-0.25, -0.2) is 9.78 Å². The molecular formula is C21H26F2N4O3S. The van der Waals surface area contributed by atoms with Crippen LogP contribution in [0.15, 0.2) is 47.9 Å². The van der Waals surface area contributed by atoms with Crippen molar-refractivity contribution in [3.63, 3.8) is 0 Å². The number of carbonyl (C=O) groups excluding carboxylic acids is 2. The van der Waals surface area contributed by atoms with Crippen LogP contribution in [0.2, 0.25) is 0 Å². The predicted octanol–water partition coefficient (Wildman–Crippen LogP) is 4.35. The van der Waals surface area contributed by atoms with Gasteiger partial charge in [-0.1, -0.05) is 6.07 Å². The van der Waals surface area contributed by atoms with E-state index in [1.807, 2.05) is 6.07 Å². The monoisotopic (exact) mass is 452 g/mol. The lowest BCUT2D eigenvalue weighted by Gasteiger charge is -2.27. The molecule has 0 aliphatic heterocycles. The number of carbonyl (C=O) groups is 2. The Morgan fingerprint density at radius 2 is 1.97 bits per heavy atom. The second kappa shape index (κ2) is 11.6. The normalized spacial score (nSPS) is 11.3. The average molecular weight is 453 g/mol. The molecule has 10 heteroatoms. The van der Waals surface area contributed by atoms with E-state index in [1.54, 1.807) is 39.2 Å². The van der Waals surface area contributed by atoms with Gasteiger partial charge in [-0.3, -0.25) is 9.78 Å². The smallest absolute Gasteiger partial charge is 0.410 e. The molecule has 0 radical (unpaired) electrons. The van der Waals surface area contributed by atoms with Gasteiger partial charge in [-0.15, -0.1) is 0 Å². The van der Waals surface area contributed by atoms with Crippen molar-refractivity contribution in [2.45, 2.75) is 50.1 Å². The number of nitrogens with zero attached hydrogens (tertiary/aromatic N) is 3. The Morgan fingerprint density at radius 1 is 1.23 bits per heavy atom. The maximum Gasteiger partial charge on any atom is 0.410 e. The third-order valence-electron chi connectivity index (χ3n) is 3.85. The van der Waals surface area contributed by atoms with Crippen LogP contribution >= 0.6 is 11.8 Å². The number of aromatic nitrogens is 2. The van der Waals surface area contributed by atoms with E-state index in [4.69, 9.17) is 4.74 Å². The van der Waals surface area contributed by atoms with E-state index in [1.165, 1.54) is 23.2 Å². The minimum absolute atomic E-state index is 0.0260. The first kappa shape index (κ1) is 24.5. The Balaban J connectivity index is 1.94. The van der Waals surface area contributed by atoms with E-state index >= 15 is 0 Å². The minimum atomic E-state index is -2.67. The van der Waals surface area contributed by atoms with Crippen molar-refractivity contribution in [3.8, 4) is 0 Å². The minimum Gasteiger partial charge on any atom is -0.444 e. The van der Waals surface area contributed by atoms with Crippen LogP contribution in [0.3, 0.4) is 0 Å². The predicted molar refractivity (Wildman–Crippen MR) is 114 cm³/mol. The van der Waals surface area contributed by atoms with Crippen LogP contribution in [0.1, 0.15) is 43.1 Å². The molecular weight excluding hydrogens is 426 g/mol. The lowest BCUT2D eigenvalue weighted by atomic mass is 10.2. The summed E-state index contributed by atoms with van der Waals surface area (Å²) in [5, 5.41) is 2.66. The molecule has 0 saturated heterocycles. The lowest BCUT2D eigenvalue weighted by molar-refractivity contribution is 0.0232. The fourth-order valence-corrected chi connectivity index (χ4v) is 3.16. The van der Waals surface area contributed by atoms with Crippen molar-refractivity contribution in [2.75, 3.05) is 13.1 Å². The summed E-state index contributed by atoms with van der Waals surface area (Å²) < 4.78 is 30.8. The van der Waals surface area contributed by atoms with Crippen LogP contribution in [0.25, 0.3) is 0 Å². The zero-order chi connectivity index (χ0) is 22.9. The van der Waals surface area contributed by atoms with Gasteiger partial charge in [0.05, 0.1) is 12.1 Å². The summed E-state index contributed by atoms with van der Waals surface area (Å²) in [6, 6.07) is 6.60. The number of ether oxygens (including phenoxy) is 1. The molecule has 2 aromatic rings. The zero-order valence-corrected chi connectivity index (χ0v) is 18.5. The number of thioether (sulfide) groups is 1. The Hall–Kier alpha value is -2.75. The Labute approximate surface area is 184 Å². The average Bonchev–Trinajstić information content (AvgIpc) is 2.69. The summed E-state index contributed by atoms with van der Waals surface area (Å²) in [7, 11) is 0. The van der Waals surface area contributed by atoms with Crippen LogP contribution in [0, 0.1) is 0 Å². The number of alkyl halides is 2. The Bertz CT molecular complexity index is 863. The lowest BCUT2D eigenvalue weighted by Crippen LogP contribution is -2.38. The topological polar surface area (TPSA) is 84.4 Å². The van der Waals surface area contributed by atoms with E-state index in [2.05, 4.69) is 15.3 Å². The van der Waals surface area contributed by atoms with Crippen LogP contribution in [-0.4, -0.2) is 51.3 Å². The van der Waals surface area contributed by atoms with Gasteiger partial charge in [0.25, 0.3) is 11.7 Å². The third kappa shape index (κ3) is 8.87. The summed E-state index contributed by atoms with van der Waals surface area (Å²) in [6.07, 6.45) is 4.66. The van der Waals surface area contributed by atoms with E-state index in [9.17, 15) is 18.4 Å². The molecule has 31 heavy (non-hydrogen) atoms. The molecule has 0 unspecified atom stereocenters. The molecule has 0 bridgehead atoms. The first-order valence-electron chi connectivity index (χ1n) is 9.70. The molecule has 0 fully saturated rings. The van der Waals surface area contributed by atoms with Gasteiger partial charge in [0.1, 0.15) is 10.6 Å². The van der Waals surface area contributed by atoms with Gasteiger partial charge in [-0.2, -0.15) is 8.78 Å². The first-order chi connectivity index (χ1) is 14.7. The molecule has 2 aromatic heterocycles. The number of halogens is 2. The summed E-state index contributed by atoms with van der Waals surface area (Å²) in [5.41, 5.74) is 0.297. The molecule has 0 aliphatic rings. The van der Waals surface area contributed by atoms with Crippen LogP contribution < -0.4 is 5.32 Å². The summed E-state index contributed by atoms with van der Waals surface area (Å²) in [4.78, 5) is 34.4. The number of pyridine rings is 2. The number of hydrogen-bond acceptors (Lipinski definition) is 6. The molecule has 168 valence electrons. The molecule has 1 N–H and O–H groups in total. The SMILES string of the molecule is CC(C)(C)OC(=O)N(CCCNC(=O)c1cccnc1SC(F)F)Cc1cccnc1. The quantitative estimate of drug-likeness (QED) is 0.450. The number of hydrogen-bond donors (Lipinski definition) is 1. The van der Waals surface area contributed by atoms with E-state index in [0.29, 0.717) is 19.5 Å². The van der Waals surface area contributed by atoms with Crippen molar-refractivity contribution >= 4 is 23.8 Å². The van der Waals surface area contributed by atoms with E-state index < -0.39 is 23.4 Å². The van der Waals surface area contributed by atoms with Crippen LogP contribution in [-0.2, 0) is 11.3 Å². The highest BCUT2D eigenvalue weighted by molar-refractivity contribution is 7.99. The highest BCUT2D eigenvalue weighted by Crippen LogP contribution is 2.26. The fourth-order valence-electron chi connectivity index (χ4n) is 2.58. The van der Waals surface area contributed by atoms with Gasteiger partial charge in [0.2, 0.25) is 0 Å². The molecule has 0 atom stereocenters. The van der Waals surface area contributed by atoms with E-state index in [-0.39, 0.29) is 28.9 Å². The second-order valence-corrected chi connectivity index (χ2v) is 8.59. The van der Waals surface area contributed by atoms with Crippen LogP contribution in [0.4, 0.5) is 13.6 Å². The molecule has 0 aliphatic carbocycles. The molecule has 2 rings (SSSR count). The fraction of sp³-hybridized carbons (Fsp3) is 0.429. The Morgan fingerprint density at radius 3 is 2.61 bits per heavy atom. The number of nitrogens with one attached hydrogen (secondary N) is 1. The van der Waals surface area contributed by atoms with Gasteiger partial charge >= 0.3 is 6.09 Å². The molecule has 0 aromatic carbocycles. The zero-order valence-electron chi connectivity index (χ0n) is 17.7. The molecule has 0 spiro atoms. The standard InChI is InChI=1S/C21H26F2N4O3S/c1-21(2,3)30-20(29)27(14-15-7-4-9-24-13-15)12-6-11-25-17(28)16-8-5-10-26-18(16)31-19(22)23/h4-5,7-10,13,19H,6,11-12,14H2,1-3H3,(H,25,28). The summed E-state index contributed by atoms with van der Waals surface area (Å²) in [6.45, 7) is 6.26. The van der Waals surface area contributed by atoms with Crippen molar-refractivity contribution in [1.29, 1.82) is 0 Å². The van der Waals surface area contributed by atoms with Gasteiger partial charge in [0.15, 0.2) is 0 Å². The van der Waals surface area contributed by atoms with Crippen molar-refractivity contribution in [1.82, 2.24) is 20.2 Å². The van der Waals surface area contributed by atoms with Gasteiger partial charge in [-0.05, 0) is 62.7 Å². The highest BCUT2D eigenvalue weighted by Gasteiger charge is 2.22. The molecule has 2 heterocycles. The molecule has 2 amide bonds. The highest BCUT2D eigenvalue weighted by atomic mass is 32.2. The maximum atomic E-state index is 12.7. The van der Waals surface area contributed by atoms with Crippen molar-refractivity contribution < 1.29 is 23.1 Å². The summed E-state index contributed by atoms with van der Waals surface area (Å²) in [5.74, 6) is -3.16. The summed E-state index contributed by atoms with van der Waals surface area (Å²) >= 11 is 0.227. The second-order valence-electron chi connectivity index (χ2n) is 7.61. The number of amides is 2.